The van der Waals surface area contributed by atoms with Crippen LogP contribution >= 0.6 is 0 Å². The Bertz CT molecular complexity index is 838. The molecule has 0 aliphatic heterocycles. The fraction of sp³-hybridized carbons (Fsp3) is 0.368. The number of anilines is 1. The minimum Gasteiger partial charge on any atom is -0.313 e. The second-order valence-electron chi connectivity index (χ2n) is 6.18. The van der Waals surface area contributed by atoms with E-state index in [0.717, 1.165) is 23.1 Å². The smallest absolute Gasteiger partial charge is 0.228 e. The quantitative estimate of drug-likeness (QED) is 0.711. The number of aryl methyl sites for hydroxylation is 1. The van der Waals surface area contributed by atoms with Gasteiger partial charge in [0, 0.05) is 44.1 Å². The molecule has 1 aromatic heterocycles. The van der Waals surface area contributed by atoms with Crippen molar-refractivity contribution in [1.29, 1.82) is 0 Å². The van der Waals surface area contributed by atoms with Gasteiger partial charge in [0.1, 0.15) is 0 Å². The van der Waals surface area contributed by atoms with E-state index in [1.54, 1.807) is 23.4 Å². The highest BCUT2D eigenvalue weighted by Gasteiger charge is 2.21. The zero-order valence-electron chi connectivity index (χ0n) is 15.4. The van der Waals surface area contributed by atoms with Crippen LogP contribution in [0, 0.1) is 6.92 Å². The summed E-state index contributed by atoms with van der Waals surface area (Å²) in [5.74, 6) is -0.0991. The van der Waals surface area contributed by atoms with Crippen molar-refractivity contribution in [2.24, 2.45) is 0 Å². The zero-order valence-corrected chi connectivity index (χ0v) is 16.2. The molecule has 6 nitrogen and oxygen atoms in total. The van der Waals surface area contributed by atoms with Crippen LogP contribution in [0.15, 0.2) is 48.8 Å². The Balaban J connectivity index is 2.08. The van der Waals surface area contributed by atoms with Crippen molar-refractivity contribution >= 4 is 21.6 Å². The number of aromatic nitrogens is 1. The van der Waals surface area contributed by atoms with Crippen molar-refractivity contribution in [2.75, 3.05) is 24.2 Å². The summed E-state index contributed by atoms with van der Waals surface area (Å²) >= 11 is 0. The average Bonchev–Trinajstić information content (AvgIpc) is 2.59. The number of rotatable bonds is 8. The van der Waals surface area contributed by atoms with E-state index in [2.05, 4.69) is 4.98 Å². The summed E-state index contributed by atoms with van der Waals surface area (Å²) in [6, 6.07) is 11.3. The van der Waals surface area contributed by atoms with Crippen LogP contribution in [0.4, 0.5) is 5.69 Å². The predicted octanol–water partition coefficient (Wildman–Crippen LogP) is 2.59. The minimum atomic E-state index is -3.43. The van der Waals surface area contributed by atoms with Crippen LogP contribution in [0.3, 0.4) is 0 Å². The van der Waals surface area contributed by atoms with Gasteiger partial charge in [-0.25, -0.2) is 8.42 Å². The SMILES string of the molecule is CCN(C(=O)CCN(Cc1cccnc1)S(C)(=O)=O)c1cccc(C)c1. The summed E-state index contributed by atoms with van der Waals surface area (Å²) in [5, 5.41) is 0. The van der Waals surface area contributed by atoms with Gasteiger partial charge >= 0.3 is 0 Å². The molecular weight excluding hydrogens is 350 g/mol. The first-order chi connectivity index (χ1) is 12.3. The summed E-state index contributed by atoms with van der Waals surface area (Å²) in [7, 11) is -3.43. The van der Waals surface area contributed by atoms with Gasteiger partial charge in [0.05, 0.1) is 6.26 Å². The molecule has 0 saturated carbocycles. The van der Waals surface area contributed by atoms with Crippen LogP contribution < -0.4 is 4.90 Å². The number of amides is 1. The van der Waals surface area contributed by atoms with Gasteiger partial charge in [0.2, 0.25) is 15.9 Å². The highest BCUT2D eigenvalue weighted by molar-refractivity contribution is 7.88. The standard InChI is InChI=1S/C19H25N3O3S/c1-4-22(18-9-5-7-16(2)13-18)19(23)10-12-21(26(3,24)25)15-17-8-6-11-20-14-17/h5-9,11,13-14H,4,10,12,15H2,1-3H3. The van der Waals surface area contributed by atoms with Gasteiger partial charge in [-0.3, -0.25) is 9.78 Å². The fourth-order valence-electron chi connectivity index (χ4n) is 2.71. The highest BCUT2D eigenvalue weighted by atomic mass is 32.2. The molecule has 0 atom stereocenters. The molecule has 0 spiro atoms. The van der Waals surface area contributed by atoms with Gasteiger partial charge in [0.25, 0.3) is 0 Å². The van der Waals surface area contributed by atoms with Crippen molar-refractivity contribution in [3.05, 3.63) is 59.9 Å². The Hall–Kier alpha value is -2.25. The summed E-state index contributed by atoms with van der Waals surface area (Å²) in [5.41, 5.74) is 2.69. The van der Waals surface area contributed by atoms with Crippen LogP contribution in [0.2, 0.25) is 0 Å². The average molecular weight is 375 g/mol. The normalized spacial score (nSPS) is 11.5. The van der Waals surface area contributed by atoms with E-state index in [9.17, 15) is 13.2 Å². The number of nitrogens with zero attached hydrogens (tertiary/aromatic N) is 3. The van der Waals surface area contributed by atoms with E-state index in [4.69, 9.17) is 0 Å². The van der Waals surface area contributed by atoms with Gasteiger partial charge < -0.3 is 4.90 Å². The third kappa shape index (κ3) is 5.64. The van der Waals surface area contributed by atoms with Gasteiger partial charge in [-0.05, 0) is 43.2 Å². The third-order valence-corrected chi connectivity index (χ3v) is 5.31. The second-order valence-corrected chi connectivity index (χ2v) is 8.17. The van der Waals surface area contributed by atoms with Crippen molar-refractivity contribution in [3.8, 4) is 0 Å². The Morgan fingerprint density at radius 1 is 1.19 bits per heavy atom. The number of carbonyl (C=O) groups is 1. The molecular formula is C19H25N3O3S. The molecule has 1 amide bonds. The first-order valence-corrected chi connectivity index (χ1v) is 10.4. The maximum absolute atomic E-state index is 12.7. The lowest BCUT2D eigenvalue weighted by molar-refractivity contribution is -0.118. The van der Waals surface area contributed by atoms with Crippen LogP contribution in [0.25, 0.3) is 0 Å². The van der Waals surface area contributed by atoms with E-state index in [-0.39, 0.29) is 25.4 Å². The number of pyridine rings is 1. The zero-order chi connectivity index (χ0) is 19.2. The van der Waals surface area contributed by atoms with Crippen molar-refractivity contribution in [3.63, 3.8) is 0 Å². The van der Waals surface area contributed by atoms with Gasteiger partial charge in [-0.2, -0.15) is 4.31 Å². The van der Waals surface area contributed by atoms with E-state index in [1.807, 2.05) is 44.2 Å². The molecule has 0 N–H and O–H groups in total. The highest BCUT2D eigenvalue weighted by Crippen LogP contribution is 2.17. The van der Waals surface area contributed by atoms with Gasteiger partial charge in [-0.1, -0.05) is 18.2 Å². The molecule has 0 aliphatic carbocycles. The largest absolute Gasteiger partial charge is 0.313 e. The summed E-state index contributed by atoms with van der Waals surface area (Å²) in [6.45, 7) is 4.75. The molecule has 1 aromatic carbocycles. The van der Waals surface area contributed by atoms with E-state index in [0.29, 0.717) is 6.54 Å². The first kappa shape index (κ1) is 20.1. The Morgan fingerprint density at radius 3 is 2.54 bits per heavy atom. The molecule has 7 heteroatoms. The molecule has 0 bridgehead atoms. The number of benzene rings is 1. The topological polar surface area (TPSA) is 70.6 Å². The van der Waals surface area contributed by atoms with Crippen molar-refractivity contribution in [1.82, 2.24) is 9.29 Å². The van der Waals surface area contributed by atoms with Crippen LogP contribution in [-0.2, 0) is 21.4 Å². The maximum atomic E-state index is 12.7. The van der Waals surface area contributed by atoms with Crippen LogP contribution in [-0.4, -0.2) is 43.0 Å². The van der Waals surface area contributed by atoms with Crippen LogP contribution in [0.1, 0.15) is 24.5 Å². The van der Waals surface area contributed by atoms with E-state index < -0.39 is 10.0 Å². The Morgan fingerprint density at radius 2 is 1.96 bits per heavy atom. The number of hydrogen-bond donors (Lipinski definition) is 0. The lowest BCUT2D eigenvalue weighted by Gasteiger charge is -2.24. The lowest BCUT2D eigenvalue weighted by Crippen LogP contribution is -2.36. The monoisotopic (exact) mass is 375 g/mol. The molecule has 0 radical (unpaired) electrons. The molecule has 140 valence electrons. The molecule has 26 heavy (non-hydrogen) atoms. The van der Waals surface area contributed by atoms with Crippen molar-refractivity contribution in [2.45, 2.75) is 26.8 Å². The maximum Gasteiger partial charge on any atom is 0.228 e. The molecule has 2 aromatic rings. The summed E-state index contributed by atoms with van der Waals surface area (Å²) < 4.78 is 25.5. The number of carbonyl (C=O) groups excluding carboxylic acids is 1. The molecule has 0 aliphatic rings. The first-order valence-electron chi connectivity index (χ1n) is 8.52. The molecule has 0 unspecified atom stereocenters. The second kappa shape index (κ2) is 8.91. The van der Waals surface area contributed by atoms with E-state index in [1.165, 1.54) is 4.31 Å². The van der Waals surface area contributed by atoms with E-state index >= 15 is 0 Å². The molecule has 0 saturated heterocycles. The lowest BCUT2D eigenvalue weighted by atomic mass is 10.2. The van der Waals surface area contributed by atoms with Crippen LogP contribution in [0.5, 0.6) is 0 Å². The number of sulfonamides is 1. The van der Waals surface area contributed by atoms with Crippen molar-refractivity contribution < 1.29 is 13.2 Å². The molecule has 2 rings (SSSR count). The summed E-state index contributed by atoms with van der Waals surface area (Å²) in [6.07, 6.45) is 4.55. The minimum absolute atomic E-state index is 0.0991. The summed E-state index contributed by atoms with van der Waals surface area (Å²) in [4.78, 5) is 18.3. The van der Waals surface area contributed by atoms with Gasteiger partial charge in [-0.15, -0.1) is 0 Å². The number of hydrogen-bond acceptors (Lipinski definition) is 4. The third-order valence-electron chi connectivity index (χ3n) is 4.06. The fourth-order valence-corrected chi connectivity index (χ4v) is 3.52. The van der Waals surface area contributed by atoms with Gasteiger partial charge in [0.15, 0.2) is 0 Å². The molecule has 0 fully saturated rings. The Labute approximate surface area is 155 Å². The predicted molar refractivity (Wildman–Crippen MR) is 103 cm³/mol. The Kier molecular flexibility index (Phi) is 6.88. The molecule has 1 heterocycles.